The first-order chi connectivity index (χ1) is 7.50. The summed E-state index contributed by atoms with van der Waals surface area (Å²) in [7, 11) is 1.85. The predicted molar refractivity (Wildman–Crippen MR) is 65.8 cm³/mol. The Hall–Kier alpha value is -1.16. The lowest BCUT2D eigenvalue weighted by atomic mass is 10.1. The van der Waals surface area contributed by atoms with Crippen LogP contribution in [0.5, 0.6) is 0 Å². The van der Waals surface area contributed by atoms with E-state index >= 15 is 0 Å². The van der Waals surface area contributed by atoms with Gasteiger partial charge >= 0.3 is 0 Å². The van der Waals surface area contributed by atoms with E-state index in [4.69, 9.17) is 0 Å². The van der Waals surface area contributed by atoms with E-state index in [0.717, 1.165) is 21.4 Å². The topological polar surface area (TPSA) is 17.8 Å². The average Bonchev–Trinajstić information content (AvgIpc) is 2.47. The van der Waals surface area contributed by atoms with Gasteiger partial charge in [-0.05, 0) is 41.4 Å². The lowest BCUT2D eigenvalue weighted by molar-refractivity contribution is 0.618. The molecule has 0 saturated heterocycles. The Kier molecular flexibility index (Phi) is 2.84. The van der Waals surface area contributed by atoms with Gasteiger partial charge in [-0.25, -0.2) is 4.39 Å². The molecule has 1 aromatic carbocycles. The summed E-state index contributed by atoms with van der Waals surface area (Å²) >= 11 is 3.48. The molecule has 2 nitrogen and oxygen atoms in total. The van der Waals surface area contributed by atoms with Gasteiger partial charge in [-0.1, -0.05) is 12.1 Å². The summed E-state index contributed by atoms with van der Waals surface area (Å²) in [6.45, 7) is 3.67. The van der Waals surface area contributed by atoms with Crippen LogP contribution in [0, 0.1) is 19.7 Å². The molecule has 0 unspecified atom stereocenters. The molecule has 0 aliphatic heterocycles. The molecule has 2 rings (SSSR count). The quantitative estimate of drug-likeness (QED) is 0.781. The standard InChI is InChI=1S/C12H12BrFN2/c1-7-4-5-9(6-10(7)14)12-11(13)8(2)15-16(12)3/h4-6H,1-3H3. The van der Waals surface area contributed by atoms with E-state index in [1.54, 1.807) is 17.7 Å². The normalized spacial score (nSPS) is 10.8. The average molecular weight is 283 g/mol. The smallest absolute Gasteiger partial charge is 0.126 e. The third-order valence-corrected chi connectivity index (χ3v) is 3.54. The number of hydrogen-bond acceptors (Lipinski definition) is 1. The Morgan fingerprint density at radius 2 is 2.00 bits per heavy atom. The van der Waals surface area contributed by atoms with Gasteiger partial charge in [0.25, 0.3) is 0 Å². The van der Waals surface area contributed by atoms with Crippen LogP contribution in [0.3, 0.4) is 0 Å². The van der Waals surface area contributed by atoms with Crippen LogP contribution in [0.15, 0.2) is 22.7 Å². The van der Waals surface area contributed by atoms with Crippen LogP contribution in [0.1, 0.15) is 11.3 Å². The molecule has 0 N–H and O–H groups in total. The zero-order valence-electron chi connectivity index (χ0n) is 9.38. The second kappa shape index (κ2) is 4.01. The molecular weight excluding hydrogens is 271 g/mol. The number of rotatable bonds is 1. The fourth-order valence-electron chi connectivity index (χ4n) is 1.69. The Morgan fingerprint density at radius 3 is 2.50 bits per heavy atom. The summed E-state index contributed by atoms with van der Waals surface area (Å²) in [5.74, 6) is -0.191. The highest BCUT2D eigenvalue weighted by Crippen LogP contribution is 2.30. The van der Waals surface area contributed by atoms with Gasteiger partial charge < -0.3 is 0 Å². The van der Waals surface area contributed by atoms with Crippen LogP contribution in [-0.4, -0.2) is 9.78 Å². The van der Waals surface area contributed by atoms with E-state index in [1.165, 1.54) is 6.07 Å². The minimum atomic E-state index is -0.191. The number of aromatic nitrogens is 2. The molecule has 0 radical (unpaired) electrons. The van der Waals surface area contributed by atoms with Gasteiger partial charge in [-0.3, -0.25) is 4.68 Å². The van der Waals surface area contributed by atoms with E-state index in [1.807, 2.05) is 20.0 Å². The van der Waals surface area contributed by atoms with Crippen LogP contribution in [0.25, 0.3) is 11.3 Å². The summed E-state index contributed by atoms with van der Waals surface area (Å²) in [6.07, 6.45) is 0. The fourth-order valence-corrected chi connectivity index (χ4v) is 2.25. The first-order valence-corrected chi connectivity index (χ1v) is 5.75. The summed E-state index contributed by atoms with van der Waals surface area (Å²) in [5, 5.41) is 4.29. The Labute approximate surface area is 102 Å². The van der Waals surface area contributed by atoms with Crippen molar-refractivity contribution >= 4 is 15.9 Å². The van der Waals surface area contributed by atoms with E-state index in [9.17, 15) is 4.39 Å². The molecule has 1 aromatic heterocycles. The lowest BCUT2D eigenvalue weighted by Gasteiger charge is -2.04. The van der Waals surface area contributed by atoms with Gasteiger partial charge in [-0.15, -0.1) is 0 Å². The first kappa shape index (κ1) is 11.3. The van der Waals surface area contributed by atoms with Crippen molar-refractivity contribution in [2.24, 2.45) is 7.05 Å². The second-order valence-electron chi connectivity index (χ2n) is 3.84. The van der Waals surface area contributed by atoms with Crippen LogP contribution in [-0.2, 0) is 7.05 Å². The van der Waals surface area contributed by atoms with Crippen molar-refractivity contribution in [2.75, 3.05) is 0 Å². The van der Waals surface area contributed by atoms with Crippen molar-refractivity contribution in [3.8, 4) is 11.3 Å². The number of aryl methyl sites for hydroxylation is 3. The molecule has 1 heterocycles. The predicted octanol–water partition coefficient (Wildman–Crippen LogP) is 3.61. The number of nitrogens with zero attached hydrogens (tertiary/aromatic N) is 2. The van der Waals surface area contributed by atoms with Gasteiger partial charge in [0, 0.05) is 12.6 Å². The molecule has 0 fully saturated rings. The largest absolute Gasteiger partial charge is 0.266 e. The molecule has 0 aliphatic rings. The molecule has 0 saturated carbocycles. The molecule has 0 aliphatic carbocycles. The van der Waals surface area contributed by atoms with Crippen LogP contribution in [0.2, 0.25) is 0 Å². The van der Waals surface area contributed by atoms with Crippen molar-refractivity contribution < 1.29 is 4.39 Å². The van der Waals surface area contributed by atoms with E-state index in [0.29, 0.717) is 5.56 Å². The van der Waals surface area contributed by atoms with Crippen molar-refractivity contribution in [3.63, 3.8) is 0 Å². The highest BCUT2D eigenvalue weighted by molar-refractivity contribution is 9.10. The summed E-state index contributed by atoms with van der Waals surface area (Å²) in [5.41, 5.74) is 3.28. The molecule has 4 heteroatoms. The number of halogens is 2. The van der Waals surface area contributed by atoms with E-state index in [-0.39, 0.29) is 5.82 Å². The van der Waals surface area contributed by atoms with Gasteiger partial charge in [-0.2, -0.15) is 5.10 Å². The van der Waals surface area contributed by atoms with Crippen LogP contribution < -0.4 is 0 Å². The summed E-state index contributed by atoms with van der Waals surface area (Å²) in [6, 6.07) is 5.22. The van der Waals surface area contributed by atoms with Gasteiger partial charge in [0.2, 0.25) is 0 Å². The van der Waals surface area contributed by atoms with Crippen molar-refractivity contribution in [3.05, 3.63) is 39.7 Å². The van der Waals surface area contributed by atoms with Crippen LogP contribution >= 0.6 is 15.9 Å². The molecule has 0 spiro atoms. The summed E-state index contributed by atoms with van der Waals surface area (Å²) < 4.78 is 16.2. The highest BCUT2D eigenvalue weighted by atomic mass is 79.9. The SMILES string of the molecule is Cc1ccc(-c2c(Br)c(C)nn2C)cc1F. The maximum absolute atomic E-state index is 13.5. The molecule has 84 valence electrons. The third kappa shape index (κ3) is 1.78. The zero-order valence-corrected chi connectivity index (χ0v) is 11.0. The Morgan fingerprint density at radius 1 is 1.31 bits per heavy atom. The van der Waals surface area contributed by atoms with Crippen molar-refractivity contribution in [1.29, 1.82) is 0 Å². The molecule has 16 heavy (non-hydrogen) atoms. The highest BCUT2D eigenvalue weighted by Gasteiger charge is 2.13. The fraction of sp³-hybridized carbons (Fsp3) is 0.250. The van der Waals surface area contributed by atoms with E-state index in [2.05, 4.69) is 21.0 Å². The summed E-state index contributed by atoms with van der Waals surface area (Å²) in [4.78, 5) is 0. The Balaban J connectivity index is 2.63. The van der Waals surface area contributed by atoms with E-state index < -0.39 is 0 Å². The van der Waals surface area contributed by atoms with Crippen molar-refractivity contribution in [1.82, 2.24) is 9.78 Å². The minimum absolute atomic E-state index is 0.191. The molecule has 0 amide bonds. The maximum atomic E-state index is 13.5. The third-order valence-electron chi connectivity index (χ3n) is 2.59. The Bertz CT molecular complexity index is 546. The van der Waals surface area contributed by atoms with Gasteiger partial charge in [0.05, 0.1) is 15.9 Å². The first-order valence-electron chi connectivity index (χ1n) is 4.96. The maximum Gasteiger partial charge on any atom is 0.126 e. The van der Waals surface area contributed by atoms with Crippen molar-refractivity contribution in [2.45, 2.75) is 13.8 Å². The van der Waals surface area contributed by atoms with Gasteiger partial charge in [0.1, 0.15) is 5.82 Å². The monoisotopic (exact) mass is 282 g/mol. The van der Waals surface area contributed by atoms with Gasteiger partial charge in [0.15, 0.2) is 0 Å². The minimum Gasteiger partial charge on any atom is -0.266 e. The zero-order chi connectivity index (χ0) is 11.9. The van der Waals surface area contributed by atoms with Crippen LogP contribution in [0.4, 0.5) is 4.39 Å². The second-order valence-corrected chi connectivity index (χ2v) is 4.63. The lowest BCUT2D eigenvalue weighted by Crippen LogP contribution is -1.95. The number of benzene rings is 1. The number of hydrogen-bond donors (Lipinski definition) is 0. The molecule has 0 atom stereocenters. The molecule has 2 aromatic rings. The molecular formula is C12H12BrFN2. The molecule has 0 bridgehead atoms.